The largest absolute Gasteiger partial charge is 0.354 e. The first-order chi connectivity index (χ1) is 12.7. The quantitative estimate of drug-likeness (QED) is 0.354. The van der Waals surface area contributed by atoms with Gasteiger partial charge in [0.05, 0.1) is 13.2 Å². The van der Waals surface area contributed by atoms with Crippen molar-refractivity contribution in [2.24, 2.45) is 0 Å². The van der Waals surface area contributed by atoms with Gasteiger partial charge >= 0.3 is 7.60 Å². The second-order valence-electron chi connectivity index (χ2n) is 5.75. The fourth-order valence-corrected chi connectivity index (χ4v) is 4.11. The molecule has 0 bridgehead atoms. The van der Waals surface area contributed by atoms with Gasteiger partial charge in [-0.25, -0.2) is 0 Å². The summed E-state index contributed by atoms with van der Waals surface area (Å²) in [7, 11) is -3.26. The number of allylic oxidation sites excluding steroid dienone is 3. The predicted octanol–water partition coefficient (Wildman–Crippen LogP) is 6.48. The molecule has 2 aromatic carbocycles. The Morgan fingerprint density at radius 3 is 2.08 bits per heavy atom. The molecule has 2 rings (SSSR count). The molecule has 0 aliphatic rings. The summed E-state index contributed by atoms with van der Waals surface area (Å²) in [4.78, 5) is 0. The molecule has 0 unspecified atom stereocenters. The van der Waals surface area contributed by atoms with E-state index in [0.29, 0.717) is 13.2 Å². The van der Waals surface area contributed by atoms with E-state index >= 15 is 0 Å². The summed E-state index contributed by atoms with van der Waals surface area (Å²) in [6.45, 7) is 4.32. The van der Waals surface area contributed by atoms with Crippen molar-refractivity contribution in [1.82, 2.24) is 0 Å². The van der Waals surface area contributed by atoms with E-state index in [1.54, 1.807) is 5.82 Å². The highest BCUT2D eigenvalue weighted by molar-refractivity contribution is 7.57. The van der Waals surface area contributed by atoms with Crippen LogP contribution in [0.1, 0.15) is 31.4 Å². The summed E-state index contributed by atoms with van der Waals surface area (Å²) < 4.78 is 23.7. The smallest absolute Gasteiger partial charge is 0.306 e. The molecule has 0 radical (unpaired) electrons. The van der Waals surface area contributed by atoms with Crippen molar-refractivity contribution >= 4 is 13.2 Å². The molecule has 0 fully saturated rings. The van der Waals surface area contributed by atoms with Crippen molar-refractivity contribution in [1.29, 1.82) is 0 Å². The molecular formula is C22H27O3P. The van der Waals surface area contributed by atoms with Gasteiger partial charge in [0.25, 0.3) is 0 Å². The summed E-state index contributed by atoms with van der Waals surface area (Å²) >= 11 is 0. The van der Waals surface area contributed by atoms with E-state index < -0.39 is 7.60 Å². The molecule has 0 aromatic heterocycles. The van der Waals surface area contributed by atoms with E-state index in [-0.39, 0.29) is 0 Å². The van der Waals surface area contributed by atoms with Crippen LogP contribution in [0.15, 0.2) is 78.6 Å². The van der Waals surface area contributed by atoms with E-state index in [1.807, 2.05) is 56.3 Å². The van der Waals surface area contributed by atoms with Gasteiger partial charge in [0.1, 0.15) is 0 Å². The maximum absolute atomic E-state index is 12.9. The Kier molecular flexibility index (Phi) is 8.57. The zero-order valence-electron chi connectivity index (χ0n) is 15.5. The van der Waals surface area contributed by atoms with Gasteiger partial charge in [-0.05, 0) is 43.4 Å². The lowest BCUT2D eigenvalue weighted by molar-refractivity contribution is 0.229. The summed E-state index contributed by atoms with van der Waals surface area (Å²) in [5.41, 5.74) is 3.14. The van der Waals surface area contributed by atoms with Crippen molar-refractivity contribution in [2.75, 3.05) is 13.2 Å². The Bertz CT molecular complexity index is 741. The van der Waals surface area contributed by atoms with E-state index in [2.05, 4.69) is 30.3 Å². The van der Waals surface area contributed by atoms with Crippen LogP contribution in [0, 0.1) is 0 Å². The average Bonchev–Trinajstić information content (AvgIpc) is 2.66. The first-order valence-electron chi connectivity index (χ1n) is 9.04. The van der Waals surface area contributed by atoms with Gasteiger partial charge in [-0.3, -0.25) is 4.57 Å². The molecule has 138 valence electrons. The third-order valence-electron chi connectivity index (χ3n) is 3.76. The van der Waals surface area contributed by atoms with Gasteiger partial charge in [0.2, 0.25) is 0 Å². The maximum atomic E-state index is 12.9. The van der Waals surface area contributed by atoms with E-state index in [0.717, 1.165) is 24.0 Å². The van der Waals surface area contributed by atoms with E-state index in [4.69, 9.17) is 9.05 Å². The Hall–Kier alpha value is -1.93. The van der Waals surface area contributed by atoms with Crippen LogP contribution in [-0.2, 0) is 20.0 Å². The summed E-state index contributed by atoms with van der Waals surface area (Å²) in [6, 6.07) is 20.3. The minimum absolute atomic E-state index is 0.341. The fourth-order valence-electron chi connectivity index (χ4n) is 2.59. The standard InChI is InChI=1S/C22H27O3P/c1-3-24-26(23,25-4-2)19-22(21-16-9-6-10-17-21)18-12-11-15-20-13-7-5-8-14-20/h5-10,12-14,16-19H,3-4,11,15H2,1-2H3/b18-12+,22-19-. The van der Waals surface area contributed by atoms with E-state index in [9.17, 15) is 4.57 Å². The van der Waals surface area contributed by atoms with Gasteiger partial charge in [-0.1, -0.05) is 72.8 Å². The van der Waals surface area contributed by atoms with Gasteiger partial charge in [0, 0.05) is 5.82 Å². The summed E-state index contributed by atoms with van der Waals surface area (Å²) in [6.07, 6.45) is 5.98. The monoisotopic (exact) mass is 370 g/mol. The summed E-state index contributed by atoms with van der Waals surface area (Å²) in [5, 5.41) is 0. The third kappa shape index (κ3) is 6.76. The van der Waals surface area contributed by atoms with Crippen molar-refractivity contribution < 1.29 is 13.6 Å². The molecule has 3 nitrogen and oxygen atoms in total. The maximum Gasteiger partial charge on any atom is 0.354 e. The van der Waals surface area contributed by atoms with Crippen LogP contribution in [-0.4, -0.2) is 13.2 Å². The van der Waals surface area contributed by atoms with Crippen molar-refractivity contribution in [3.63, 3.8) is 0 Å². The van der Waals surface area contributed by atoms with Crippen LogP contribution in [0.25, 0.3) is 5.57 Å². The lowest BCUT2D eigenvalue weighted by Crippen LogP contribution is -1.94. The second-order valence-corrected chi connectivity index (χ2v) is 7.61. The Balaban J connectivity index is 2.19. The molecule has 0 aliphatic heterocycles. The molecule has 0 atom stereocenters. The van der Waals surface area contributed by atoms with Crippen LogP contribution in [0.2, 0.25) is 0 Å². The number of rotatable bonds is 10. The highest BCUT2D eigenvalue weighted by atomic mass is 31.2. The van der Waals surface area contributed by atoms with Crippen molar-refractivity contribution in [3.8, 4) is 0 Å². The normalized spacial score (nSPS) is 12.6. The van der Waals surface area contributed by atoms with Gasteiger partial charge in [-0.2, -0.15) is 0 Å². The third-order valence-corrected chi connectivity index (χ3v) is 5.59. The minimum Gasteiger partial charge on any atom is -0.306 e. The van der Waals surface area contributed by atoms with Crippen molar-refractivity contribution in [2.45, 2.75) is 26.7 Å². The zero-order valence-corrected chi connectivity index (χ0v) is 16.4. The van der Waals surface area contributed by atoms with Crippen LogP contribution in [0.5, 0.6) is 0 Å². The van der Waals surface area contributed by atoms with Crippen LogP contribution in [0.4, 0.5) is 0 Å². The van der Waals surface area contributed by atoms with Crippen LogP contribution >= 0.6 is 7.60 Å². The van der Waals surface area contributed by atoms with Crippen LogP contribution in [0.3, 0.4) is 0 Å². The molecule has 0 amide bonds. The Labute approximate surface area is 156 Å². The molecule has 0 saturated heterocycles. The number of aryl methyl sites for hydroxylation is 1. The summed E-state index contributed by atoms with van der Waals surface area (Å²) in [5.74, 6) is 1.63. The lowest BCUT2D eigenvalue weighted by atomic mass is 10.1. The SMILES string of the molecule is CCOP(=O)(/C=C(/C=C/CCc1ccccc1)c1ccccc1)OCC. The Morgan fingerprint density at radius 2 is 1.50 bits per heavy atom. The molecule has 0 aliphatic carbocycles. The highest BCUT2D eigenvalue weighted by Crippen LogP contribution is 2.51. The predicted molar refractivity (Wildman–Crippen MR) is 109 cm³/mol. The lowest BCUT2D eigenvalue weighted by Gasteiger charge is -2.14. The first-order valence-corrected chi connectivity index (χ1v) is 10.7. The van der Waals surface area contributed by atoms with Gasteiger partial charge in [0.15, 0.2) is 0 Å². The minimum atomic E-state index is -3.26. The second kappa shape index (κ2) is 10.9. The molecule has 0 N–H and O–H groups in total. The number of benzene rings is 2. The number of hydrogen-bond donors (Lipinski definition) is 0. The Morgan fingerprint density at radius 1 is 0.923 bits per heavy atom. The first kappa shape index (κ1) is 20.4. The molecule has 0 saturated carbocycles. The molecular weight excluding hydrogens is 343 g/mol. The van der Waals surface area contributed by atoms with E-state index in [1.165, 1.54) is 5.56 Å². The van der Waals surface area contributed by atoms with Crippen molar-refractivity contribution in [3.05, 3.63) is 89.8 Å². The average molecular weight is 370 g/mol. The van der Waals surface area contributed by atoms with Crippen LogP contribution < -0.4 is 0 Å². The molecule has 2 aromatic rings. The molecule has 4 heteroatoms. The highest BCUT2D eigenvalue weighted by Gasteiger charge is 2.21. The molecule has 0 spiro atoms. The fraction of sp³-hybridized carbons (Fsp3) is 0.273. The molecule has 0 heterocycles. The van der Waals surface area contributed by atoms with Gasteiger partial charge < -0.3 is 9.05 Å². The molecule has 26 heavy (non-hydrogen) atoms. The van der Waals surface area contributed by atoms with Gasteiger partial charge in [-0.15, -0.1) is 0 Å². The number of hydrogen-bond acceptors (Lipinski definition) is 3. The topological polar surface area (TPSA) is 35.5 Å². The zero-order chi connectivity index (χ0) is 18.7.